The summed E-state index contributed by atoms with van der Waals surface area (Å²) in [4.78, 5) is 0. The van der Waals surface area contributed by atoms with Gasteiger partial charge in [0.25, 0.3) is 0 Å². The van der Waals surface area contributed by atoms with Crippen LogP contribution in [-0.2, 0) is 0 Å². The highest BCUT2D eigenvalue weighted by molar-refractivity contribution is 5.47. The van der Waals surface area contributed by atoms with Crippen molar-refractivity contribution in [1.82, 2.24) is 0 Å². The Kier molecular flexibility index (Phi) is 13.5. The first kappa shape index (κ1) is 22.1. The van der Waals surface area contributed by atoms with E-state index in [1.54, 1.807) is 0 Å². The number of anilines is 1. The maximum absolute atomic E-state index is 3.56. The Hall–Kier alpha value is -0.980. The van der Waals surface area contributed by atoms with E-state index in [0.29, 0.717) is 0 Å². The van der Waals surface area contributed by atoms with Crippen LogP contribution < -0.4 is 5.32 Å². The lowest BCUT2D eigenvalue weighted by Crippen LogP contribution is -2.01. The number of hydrogen-bond donors (Lipinski definition) is 1. The topological polar surface area (TPSA) is 12.0 Å². The quantitative estimate of drug-likeness (QED) is 0.298. The van der Waals surface area contributed by atoms with E-state index in [4.69, 9.17) is 0 Å². The summed E-state index contributed by atoms with van der Waals surface area (Å²) >= 11 is 0. The van der Waals surface area contributed by atoms with Gasteiger partial charge in [0.2, 0.25) is 0 Å². The predicted octanol–water partition coefficient (Wildman–Crippen LogP) is 8.20. The van der Waals surface area contributed by atoms with Crippen LogP contribution in [0.25, 0.3) is 0 Å². The van der Waals surface area contributed by atoms with Gasteiger partial charge in [-0.2, -0.15) is 0 Å². The molecule has 0 bridgehead atoms. The van der Waals surface area contributed by atoms with Crippen molar-refractivity contribution in [2.24, 2.45) is 0 Å². The van der Waals surface area contributed by atoms with Crippen molar-refractivity contribution >= 4 is 5.69 Å². The molecule has 1 N–H and O–H groups in total. The van der Waals surface area contributed by atoms with Crippen molar-refractivity contribution in [2.75, 3.05) is 11.9 Å². The van der Waals surface area contributed by atoms with Gasteiger partial charge in [0, 0.05) is 12.2 Å². The molecule has 0 fully saturated rings. The Morgan fingerprint density at radius 2 is 1.08 bits per heavy atom. The Balaban J connectivity index is 1.81. The molecule has 0 radical (unpaired) electrons. The number of nitrogens with one attached hydrogen (secondary N) is 1. The van der Waals surface area contributed by atoms with Gasteiger partial charge in [-0.15, -0.1) is 0 Å². The Bertz CT molecular complexity index is 424. The van der Waals surface area contributed by atoms with Crippen LogP contribution in [0.15, 0.2) is 18.2 Å². The van der Waals surface area contributed by atoms with Gasteiger partial charge < -0.3 is 5.32 Å². The van der Waals surface area contributed by atoms with Crippen LogP contribution in [0.3, 0.4) is 0 Å². The summed E-state index contributed by atoms with van der Waals surface area (Å²) in [7, 11) is 0. The zero-order valence-electron chi connectivity index (χ0n) is 17.3. The Morgan fingerprint density at radius 3 is 1.56 bits per heavy atom. The fourth-order valence-corrected chi connectivity index (χ4v) is 3.40. The van der Waals surface area contributed by atoms with Crippen LogP contribution in [0, 0.1) is 13.8 Å². The first-order valence-electron chi connectivity index (χ1n) is 11.0. The number of rotatable bonds is 16. The van der Waals surface area contributed by atoms with Gasteiger partial charge in [0.15, 0.2) is 0 Å². The van der Waals surface area contributed by atoms with Crippen LogP contribution >= 0.6 is 0 Å². The van der Waals surface area contributed by atoms with Crippen molar-refractivity contribution in [3.8, 4) is 0 Å². The van der Waals surface area contributed by atoms with E-state index in [1.807, 2.05) is 0 Å². The van der Waals surface area contributed by atoms with Crippen molar-refractivity contribution in [3.63, 3.8) is 0 Å². The fraction of sp³-hybridized carbons (Fsp3) is 0.750. The predicted molar refractivity (Wildman–Crippen MR) is 115 cm³/mol. The molecule has 0 saturated heterocycles. The minimum atomic E-state index is 1.11. The zero-order chi connectivity index (χ0) is 18.2. The van der Waals surface area contributed by atoms with E-state index in [2.05, 4.69) is 44.3 Å². The van der Waals surface area contributed by atoms with Crippen molar-refractivity contribution in [3.05, 3.63) is 29.3 Å². The van der Waals surface area contributed by atoms with Crippen LogP contribution in [0.4, 0.5) is 5.69 Å². The molecule has 0 aliphatic rings. The third kappa shape index (κ3) is 12.1. The van der Waals surface area contributed by atoms with Crippen molar-refractivity contribution in [1.29, 1.82) is 0 Å². The average molecular weight is 346 g/mol. The first-order valence-corrected chi connectivity index (χ1v) is 11.0. The van der Waals surface area contributed by atoms with Crippen LogP contribution in [0.2, 0.25) is 0 Å². The molecule has 0 atom stereocenters. The molecule has 0 saturated carbocycles. The highest BCUT2D eigenvalue weighted by Gasteiger charge is 1.97. The molecule has 144 valence electrons. The molecule has 0 unspecified atom stereocenters. The molecule has 0 aromatic heterocycles. The molecule has 1 rings (SSSR count). The molecular formula is C24H43N. The van der Waals surface area contributed by atoms with E-state index >= 15 is 0 Å². The Labute approximate surface area is 158 Å². The molecule has 1 aromatic rings. The van der Waals surface area contributed by atoms with E-state index < -0.39 is 0 Å². The smallest absolute Gasteiger partial charge is 0.0342 e. The van der Waals surface area contributed by atoms with Crippen LogP contribution in [-0.4, -0.2) is 6.54 Å². The largest absolute Gasteiger partial charge is 0.385 e. The molecule has 0 aliphatic carbocycles. The third-order valence-electron chi connectivity index (χ3n) is 5.37. The second kappa shape index (κ2) is 15.3. The lowest BCUT2D eigenvalue weighted by molar-refractivity contribution is 0.537. The van der Waals surface area contributed by atoms with Gasteiger partial charge in [0.05, 0.1) is 0 Å². The minimum absolute atomic E-state index is 1.11. The molecule has 0 spiro atoms. The normalized spacial score (nSPS) is 11.0. The number of benzene rings is 1. The van der Waals surface area contributed by atoms with Gasteiger partial charge in [-0.3, -0.25) is 0 Å². The number of aryl methyl sites for hydroxylation is 2. The lowest BCUT2D eigenvalue weighted by atomic mass is 10.0. The molecule has 1 heteroatoms. The zero-order valence-corrected chi connectivity index (χ0v) is 17.3. The second-order valence-corrected chi connectivity index (χ2v) is 7.82. The highest BCUT2D eigenvalue weighted by atomic mass is 14.9. The summed E-state index contributed by atoms with van der Waals surface area (Å²) in [6.45, 7) is 7.77. The van der Waals surface area contributed by atoms with Gasteiger partial charge in [-0.25, -0.2) is 0 Å². The molecule has 1 nitrogen and oxygen atoms in total. The van der Waals surface area contributed by atoms with E-state index in [-0.39, 0.29) is 0 Å². The maximum atomic E-state index is 3.56. The molecular weight excluding hydrogens is 302 g/mol. The summed E-state index contributed by atoms with van der Waals surface area (Å²) in [6, 6.07) is 6.67. The summed E-state index contributed by atoms with van der Waals surface area (Å²) in [5, 5.41) is 3.56. The van der Waals surface area contributed by atoms with Gasteiger partial charge in [-0.05, 0) is 43.5 Å². The van der Waals surface area contributed by atoms with Crippen molar-refractivity contribution in [2.45, 2.75) is 111 Å². The summed E-state index contributed by atoms with van der Waals surface area (Å²) < 4.78 is 0. The highest BCUT2D eigenvalue weighted by Crippen LogP contribution is 2.15. The minimum Gasteiger partial charge on any atom is -0.385 e. The standard InChI is InChI=1S/C24H43N/c1-4-5-6-7-8-9-10-11-12-13-14-15-16-17-20-25-24-19-18-22(2)23(3)21-24/h18-19,21,25H,4-17,20H2,1-3H3. The summed E-state index contributed by atoms with van der Waals surface area (Å²) in [5.41, 5.74) is 4.03. The molecule has 0 aliphatic heterocycles. The van der Waals surface area contributed by atoms with E-state index in [1.165, 1.54) is 107 Å². The molecule has 25 heavy (non-hydrogen) atoms. The first-order chi connectivity index (χ1) is 12.2. The maximum Gasteiger partial charge on any atom is 0.0342 e. The van der Waals surface area contributed by atoms with Gasteiger partial charge >= 0.3 is 0 Å². The SMILES string of the molecule is CCCCCCCCCCCCCCCCNc1ccc(C)c(C)c1. The summed E-state index contributed by atoms with van der Waals surface area (Å²) in [5.74, 6) is 0. The van der Waals surface area contributed by atoms with Crippen LogP contribution in [0.5, 0.6) is 0 Å². The third-order valence-corrected chi connectivity index (χ3v) is 5.37. The molecule has 0 heterocycles. The number of hydrogen-bond acceptors (Lipinski definition) is 1. The fourth-order valence-electron chi connectivity index (χ4n) is 3.40. The summed E-state index contributed by atoms with van der Waals surface area (Å²) in [6.07, 6.45) is 20.0. The van der Waals surface area contributed by atoms with E-state index in [9.17, 15) is 0 Å². The van der Waals surface area contributed by atoms with E-state index in [0.717, 1.165) is 6.54 Å². The van der Waals surface area contributed by atoms with Gasteiger partial charge in [0.1, 0.15) is 0 Å². The average Bonchev–Trinajstić information content (AvgIpc) is 2.61. The lowest BCUT2D eigenvalue weighted by Gasteiger charge is -2.08. The van der Waals surface area contributed by atoms with Crippen LogP contribution in [0.1, 0.15) is 108 Å². The molecule has 1 aromatic carbocycles. The molecule has 0 amide bonds. The van der Waals surface area contributed by atoms with Crippen molar-refractivity contribution < 1.29 is 0 Å². The Morgan fingerprint density at radius 1 is 0.600 bits per heavy atom. The van der Waals surface area contributed by atoms with Gasteiger partial charge in [-0.1, -0.05) is 96.5 Å². The second-order valence-electron chi connectivity index (χ2n) is 7.82. The number of unbranched alkanes of at least 4 members (excludes halogenated alkanes) is 13. The monoisotopic (exact) mass is 345 g/mol.